The van der Waals surface area contributed by atoms with Crippen LogP contribution in [-0.4, -0.2) is 40.1 Å². The van der Waals surface area contributed by atoms with E-state index in [1.165, 1.54) is 11.3 Å². The fourth-order valence-electron chi connectivity index (χ4n) is 3.40. The van der Waals surface area contributed by atoms with Crippen LogP contribution >= 0.6 is 22.9 Å². The number of carbonyl (C=O) groups is 4. The van der Waals surface area contributed by atoms with Gasteiger partial charge in [-0.3, -0.25) is 19.3 Å². The predicted octanol–water partition coefficient (Wildman–Crippen LogP) is 3.60. The molecular weight excluding hydrogens is 450 g/mol. The van der Waals surface area contributed by atoms with Gasteiger partial charge >= 0.3 is 17.8 Å². The molecule has 2 aromatic carbocycles. The molecular formula is C23H18ClN3O4S. The van der Waals surface area contributed by atoms with Gasteiger partial charge in [0.1, 0.15) is 6.54 Å². The van der Waals surface area contributed by atoms with Gasteiger partial charge in [0.15, 0.2) is 0 Å². The second-order valence-electron chi connectivity index (χ2n) is 7.11. The SMILES string of the molecule is O=C(CN1C(=O)C(=O)N(Cc2cccs2)C1=O)NC(c1ccccc1)c1ccc(Cl)cc1. The number of amides is 5. The van der Waals surface area contributed by atoms with Crippen molar-refractivity contribution >= 4 is 46.7 Å². The van der Waals surface area contributed by atoms with Crippen LogP contribution in [0.1, 0.15) is 22.0 Å². The minimum Gasteiger partial charge on any atom is -0.344 e. The molecule has 1 N–H and O–H groups in total. The summed E-state index contributed by atoms with van der Waals surface area (Å²) >= 11 is 7.36. The van der Waals surface area contributed by atoms with Gasteiger partial charge in [-0.15, -0.1) is 11.3 Å². The second-order valence-corrected chi connectivity index (χ2v) is 8.58. The van der Waals surface area contributed by atoms with Crippen molar-refractivity contribution in [2.75, 3.05) is 6.54 Å². The van der Waals surface area contributed by atoms with E-state index in [2.05, 4.69) is 5.32 Å². The van der Waals surface area contributed by atoms with Crippen LogP contribution in [0.25, 0.3) is 0 Å². The fraction of sp³-hybridized carbons (Fsp3) is 0.130. The molecule has 5 amide bonds. The molecule has 1 unspecified atom stereocenters. The summed E-state index contributed by atoms with van der Waals surface area (Å²) in [6.45, 7) is -0.558. The van der Waals surface area contributed by atoms with Crippen molar-refractivity contribution in [3.05, 3.63) is 93.1 Å². The maximum absolute atomic E-state index is 12.8. The van der Waals surface area contributed by atoms with E-state index in [1.54, 1.807) is 36.4 Å². The molecule has 2 heterocycles. The van der Waals surface area contributed by atoms with Gasteiger partial charge in [-0.05, 0) is 34.7 Å². The largest absolute Gasteiger partial charge is 0.344 e. The summed E-state index contributed by atoms with van der Waals surface area (Å²) in [7, 11) is 0. The van der Waals surface area contributed by atoms with E-state index in [9.17, 15) is 19.2 Å². The number of halogens is 1. The van der Waals surface area contributed by atoms with E-state index in [-0.39, 0.29) is 6.54 Å². The minimum atomic E-state index is -1.01. The molecule has 3 aromatic rings. The van der Waals surface area contributed by atoms with Gasteiger partial charge in [0, 0.05) is 9.90 Å². The van der Waals surface area contributed by atoms with Gasteiger partial charge in [0.05, 0.1) is 12.6 Å². The van der Waals surface area contributed by atoms with Crippen molar-refractivity contribution in [1.29, 1.82) is 0 Å². The van der Waals surface area contributed by atoms with Crippen LogP contribution in [-0.2, 0) is 20.9 Å². The number of benzene rings is 2. The van der Waals surface area contributed by atoms with Crippen molar-refractivity contribution in [2.24, 2.45) is 0 Å². The first-order chi connectivity index (χ1) is 15.4. The Morgan fingerprint density at radius 3 is 2.19 bits per heavy atom. The highest BCUT2D eigenvalue weighted by atomic mass is 35.5. The summed E-state index contributed by atoms with van der Waals surface area (Å²) in [4.78, 5) is 52.5. The van der Waals surface area contributed by atoms with Crippen LogP contribution in [0, 0.1) is 0 Å². The molecule has 7 nitrogen and oxygen atoms in total. The van der Waals surface area contributed by atoms with Crippen LogP contribution in [0.2, 0.25) is 5.02 Å². The summed E-state index contributed by atoms with van der Waals surface area (Å²) in [5.41, 5.74) is 1.60. The number of nitrogens with zero attached hydrogens (tertiary/aromatic N) is 2. The predicted molar refractivity (Wildman–Crippen MR) is 120 cm³/mol. The molecule has 0 aliphatic carbocycles. The summed E-state index contributed by atoms with van der Waals surface area (Å²) in [5, 5.41) is 5.23. The fourth-order valence-corrected chi connectivity index (χ4v) is 4.22. The molecule has 1 saturated heterocycles. The average Bonchev–Trinajstić information content (AvgIpc) is 3.38. The third-order valence-corrected chi connectivity index (χ3v) is 6.09. The quantitative estimate of drug-likeness (QED) is 0.425. The number of thiophene rings is 1. The first kappa shape index (κ1) is 21.7. The molecule has 1 aliphatic rings. The molecule has 1 aliphatic heterocycles. The zero-order valence-electron chi connectivity index (χ0n) is 16.7. The first-order valence-corrected chi connectivity index (χ1v) is 11.0. The molecule has 0 saturated carbocycles. The maximum Gasteiger partial charge on any atom is 0.335 e. The highest BCUT2D eigenvalue weighted by molar-refractivity contribution is 7.09. The Labute approximate surface area is 193 Å². The average molecular weight is 468 g/mol. The summed E-state index contributed by atoms with van der Waals surface area (Å²) in [6, 6.07) is 18.5. The Kier molecular flexibility index (Phi) is 6.34. The van der Waals surface area contributed by atoms with Gasteiger partial charge in [-0.1, -0.05) is 60.1 Å². The molecule has 9 heteroatoms. The molecule has 0 spiro atoms. The molecule has 0 bridgehead atoms. The van der Waals surface area contributed by atoms with E-state index in [0.717, 1.165) is 20.9 Å². The van der Waals surface area contributed by atoms with Crippen molar-refractivity contribution in [2.45, 2.75) is 12.6 Å². The number of imide groups is 2. The monoisotopic (exact) mass is 467 g/mol. The van der Waals surface area contributed by atoms with Gasteiger partial charge in [0.2, 0.25) is 5.91 Å². The van der Waals surface area contributed by atoms with E-state index in [4.69, 9.17) is 11.6 Å². The van der Waals surface area contributed by atoms with E-state index in [1.807, 2.05) is 35.7 Å². The van der Waals surface area contributed by atoms with Gasteiger partial charge in [-0.25, -0.2) is 9.69 Å². The van der Waals surface area contributed by atoms with Crippen LogP contribution < -0.4 is 5.32 Å². The summed E-state index contributed by atoms with van der Waals surface area (Å²) < 4.78 is 0. The number of nitrogens with one attached hydrogen (secondary N) is 1. The smallest absolute Gasteiger partial charge is 0.335 e. The molecule has 1 aromatic heterocycles. The van der Waals surface area contributed by atoms with Crippen LogP contribution in [0.15, 0.2) is 72.1 Å². The zero-order chi connectivity index (χ0) is 22.7. The van der Waals surface area contributed by atoms with Gasteiger partial charge < -0.3 is 5.32 Å². The minimum absolute atomic E-state index is 0.00337. The number of rotatable bonds is 7. The Balaban J connectivity index is 1.50. The maximum atomic E-state index is 12.8. The molecule has 4 rings (SSSR count). The lowest BCUT2D eigenvalue weighted by Crippen LogP contribution is -2.42. The van der Waals surface area contributed by atoms with Gasteiger partial charge in [-0.2, -0.15) is 0 Å². The molecule has 1 fully saturated rings. The standard InChI is InChI=1S/C23H18ClN3O4S/c24-17-10-8-16(9-11-17)20(15-5-2-1-3-6-15)25-19(28)14-27-22(30)21(29)26(23(27)31)13-18-7-4-12-32-18/h1-12,20H,13-14H2,(H,25,28). The highest BCUT2D eigenvalue weighted by Crippen LogP contribution is 2.24. The lowest BCUT2D eigenvalue weighted by Gasteiger charge is -2.21. The highest BCUT2D eigenvalue weighted by Gasteiger charge is 2.45. The van der Waals surface area contributed by atoms with Crippen LogP contribution in [0.5, 0.6) is 0 Å². The van der Waals surface area contributed by atoms with Crippen molar-refractivity contribution in [3.63, 3.8) is 0 Å². The molecule has 32 heavy (non-hydrogen) atoms. The number of hydrogen-bond donors (Lipinski definition) is 1. The van der Waals surface area contributed by atoms with Crippen LogP contribution in [0.4, 0.5) is 4.79 Å². The van der Waals surface area contributed by atoms with E-state index >= 15 is 0 Å². The normalized spacial score (nSPS) is 14.7. The Morgan fingerprint density at radius 1 is 0.875 bits per heavy atom. The molecule has 162 valence electrons. The van der Waals surface area contributed by atoms with Crippen molar-refractivity contribution in [1.82, 2.24) is 15.1 Å². The van der Waals surface area contributed by atoms with E-state index < -0.39 is 36.3 Å². The zero-order valence-corrected chi connectivity index (χ0v) is 18.3. The number of urea groups is 1. The number of hydrogen-bond acceptors (Lipinski definition) is 5. The van der Waals surface area contributed by atoms with Crippen molar-refractivity contribution < 1.29 is 19.2 Å². The Hall–Kier alpha value is -3.49. The third-order valence-electron chi connectivity index (χ3n) is 4.97. The summed E-state index contributed by atoms with van der Waals surface area (Å²) in [5.74, 6) is -2.51. The lowest BCUT2D eigenvalue weighted by atomic mass is 9.98. The van der Waals surface area contributed by atoms with E-state index in [0.29, 0.717) is 9.92 Å². The summed E-state index contributed by atoms with van der Waals surface area (Å²) in [6.07, 6.45) is 0. The lowest BCUT2D eigenvalue weighted by molar-refractivity contribution is -0.144. The molecule has 1 atom stereocenters. The Morgan fingerprint density at radius 2 is 1.53 bits per heavy atom. The third kappa shape index (κ3) is 4.56. The van der Waals surface area contributed by atoms with Crippen molar-refractivity contribution in [3.8, 4) is 0 Å². The topological polar surface area (TPSA) is 86.8 Å². The Bertz CT molecular complexity index is 1150. The van der Waals surface area contributed by atoms with Gasteiger partial charge in [0.25, 0.3) is 0 Å². The number of carbonyl (C=O) groups excluding carboxylic acids is 4. The van der Waals surface area contributed by atoms with Crippen LogP contribution in [0.3, 0.4) is 0 Å². The second kappa shape index (κ2) is 9.33. The molecule has 0 radical (unpaired) electrons. The first-order valence-electron chi connectivity index (χ1n) is 9.73.